The Labute approximate surface area is 89.6 Å². The zero-order valence-electron chi connectivity index (χ0n) is 7.55. The van der Waals surface area contributed by atoms with Crippen molar-refractivity contribution in [3.05, 3.63) is 29.5 Å². The Morgan fingerprint density at radius 2 is 2.13 bits per heavy atom. The average Bonchev–Trinajstić information content (AvgIpc) is 2.15. The smallest absolute Gasteiger partial charge is 0.383 e. The van der Waals surface area contributed by atoms with Gasteiger partial charge in [-0.2, -0.15) is 13.2 Å². The lowest BCUT2D eigenvalue weighted by atomic mass is 10.1. The molecule has 0 spiro atoms. The number of alkyl halides is 4. The van der Waals surface area contributed by atoms with Gasteiger partial charge in [0.05, 0.1) is 5.56 Å². The molecule has 0 atom stereocenters. The number of nitrogen functional groups attached to an aromatic ring is 1. The molecular weight excluding hydrogens is 229 g/mol. The normalized spacial score (nSPS) is 12.3. The number of pyridine rings is 1. The summed E-state index contributed by atoms with van der Waals surface area (Å²) in [5, 5.41) is 0. The lowest BCUT2D eigenvalue weighted by molar-refractivity contribution is -0.137. The molecule has 0 bridgehead atoms. The summed E-state index contributed by atoms with van der Waals surface area (Å²) >= 11 is 5.36. The summed E-state index contributed by atoms with van der Waals surface area (Å²) in [7, 11) is 0. The molecule has 82 valence electrons. The van der Waals surface area contributed by atoms with E-state index in [-0.39, 0.29) is 5.88 Å². The van der Waals surface area contributed by atoms with E-state index in [1.165, 1.54) is 18.3 Å². The topological polar surface area (TPSA) is 38.9 Å². The van der Waals surface area contributed by atoms with Crippen molar-refractivity contribution < 1.29 is 13.2 Å². The molecule has 0 aliphatic carbocycles. The highest BCUT2D eigenvalue weighted by molar-refractivity contribution is 6.19. The third kappa shape index (κ3) is 3.13. The molecule has 1 rings (SSSR count). The van der Waals surface area contributed by atoms with Crippen molar-refractivity contribution in [3.63, 3.8) is 0 Å². The third-order valence-corrected chi connectivity index (χ3v) is 1.82. The van der Waals surface area contributed by atoms with Crippen LogP contribution < -0.4 is 5.73 Å². The summed E-state index contributed by atoms with van der Waals surface area (Å²) in [5.74, 6) is -0.295. The van der Waals surface area contributed by atoms with E-state index in [1.54, 1.807) is 0 Å². The number of hydrogen-bond donors (Lipinski definition) is 1. The van der Waals surface area contributed by atoms with Crippen LogP contribution >= 0.6 is 11.6 Å². The van der Waals surface area contributed by atoms with Gasteiger partial charge in [0.15, 0.2) is 0 Å². The maximum absolute atomic E-state index is 12.4. The van der Waals surface area contributed by atoms with Crippen molar-refractivity contribution in [2.75, 3.05) is 11.6 Å². The molecule has 0 saturated heterocycles. The molecule has 0 unspecified atom stereocenters. The molecule has 0 amide bonds. The molecule has 1 aromatic rings. The summed E-state index contributed by atoms with van der Waals surface area (Å²) in [4.78, 5) is 3.46. The van der Waals surface area contributed by atoms with Gasteiger partial charge >= 0.3 is 6.18 Å². The maximum Gasteiger partial charge on any atom is 0.419 e. The molecule has 0 fully saturated rings. The molecule has 0 radical (unpaired) electrons. The van der Waals surface area contributed by atoms with Crippen molar-refractivity contribution >= 4 is 23.5 Å². The number of halogens is 4. The number of allylic oxidation sites excluding steroid dienone is 1. The van der Waals surface area contributed by atoms with E-state index in [1.807, 2.05) is 0 Å². The van der Waals surface area contributed by atoms with Crippen molar-refractivity contribution in [3.8, 4) is 0 Å². The minimum Gasteiger partial charge on any atom is -0.383 e. The van der Waals surface area contributed by atoms with E-state index in [9.17, 15) is 13.2 Å². The summed E-state index contributed by atoms with van der Waals surface area (Å²) in [6.07, 6.45) is -0.251. The predicted molar refractivity (Wildman–Crippen MR) is 53.4 cm³/mol. The first-order valence-electron chi connectivity index (χ1n) is 4.00. The fourth-order valence-corrected chi connectivity index (χ4v) is 1.08. The highest BCUT2D eigenvalue weighted by Gasteiger charge is 2.33. The van der Waals surface area contributed by atoms with Crippen molar-refractivity contribution in [2.45, 2.75) is 6.18 Å². The number of rotatable bonds is 2. The molecule has 0 aromatic carbocycles. The van der Waals surface area contributed by atoms with Gasteiger partial charge in [-0.05, 0) is 11.6 Å². The second-order valence-electron chi connectivity index (χ2n) is 2.76. The fourth-order valence-electron chi connectivity index (χ4n) is 0.990. The van der Waals surface area contributed by atoms with Crippen LogP contribution in [0.4, 0.5) is 19.0 Å². The van der Waals surface area contributed by atoms with Gasteiger partial charge in [-0.15, -0.1) is 11.6 Å². The van der Waals surface area contributed by atoms with Gasteiger partial charge in [0.1, 0.15) is 5.82 Å². The van der Waals surface area contributed by atoms with E-state index in [0.29, 0.717) is 5.56 Å². The Hall–Kier alpha value is -1.23. The molecule has 0 aliphatic rings. The van der Waals surface area contributed by atoms with E-state index < -0.39 is 17.6 Å². The van der Waals surface area contributed by atoms with Crippen LogP contribution in [0.3, 0.4) is 0 Å². The average molecular weight is 237 g/mol. The highest BCUT2D eigenvalue weighted by Crippen LogP contribution is 2.32. The number of anilines is 1. The van der Waals surface area contributed by atoms with Crippen LogP contribution in [0.5, 0.6) is 0 Å². The van der Waals surface area contributed by atoms with Crippen LogP contribution in [-0.2, 0) is 6.18 Å². The first-order valence-corrected chi connectivity index (χ1v) is 4.54. The van der Waals surface area contributed by atoms with Crippen LogP contribution in [0, 0.1) is 0 Å². The standard InChI is InChI=1S/C9H8ClF3N2/c10-3-1-2-6-4-7(9(11,12)13)8(14)15-5-6/h1-2,4-5H,3H2,(H2,14,15). The number of nitrogens with zero attached hydrogens (tertiary/aromatic N) is 1. The molecule has 15 heavy (non-hydrogen) atoms. The van der Waals surface area contributed by atoms with Crippen LogP contribution in [0.1, 0.15) is 11.1 Å². The Kier molecular flexibility index (Phi) is 3.57. The zero-order valence-corrected chi connectivity index (χ0v) is 8.31. The van der Waals surface area contributed by atoms with E-state index in [2.05, 4.69) is 4.98 Å². The lowest BCUT2D eigenvalue weighted by Crippen LogP contribution is -2.10. The molecule has 2 N–H and O–H groups in total. The Balaban J connectivity index is 3.11. The van der Waals surface area contributed by atoms with Gasteiger partial charge < -0.3 is 5.73 Å². The second-order valence-corrected chi connectivity index (χ2v) is 3.06. The summed E-state index contributed by atoms with van der Waals surface area (Å²) in [6, 6.07) is 0.936. The summed E-state index contributed by atoms with van der Waals surface area (Å²) in [5.41, 5.74) is 4.51. The van der Waals surface area contributed by atoms with Crippen LogP contribution in [0.15, 0.2) is 18.3 Å². The van der Waals surface area contributed by atoms with Crippen LogP contribution in [0.25, 0.3) is 6.08 Å². The zero-order chi connectivity index (χ0) is 11.5. The molecule has 1 heterocycles. The molecular formula is C9H8ClF3N2. The Morgan fingerprint density at radius 3 is 2.67 bits per heavy atom. The monoisotopic (exact) mass is 236 g/mol. The quantitative estimate of drug-likeness (QED) is 0.802. The van der Waals surface area contributed by atoms with Gasteiger partial charge in [0.25, 0.3) is 0 Å². The number of aromatic nitrogens is 1. The van der Waals surface area contributed by atoms with Crippen molar-refractivity contribution in [2.24, 2.45) is 0 Å². The van der Waals surface area contributed by atoms with Crippen LogP contribution in [0.2, 0.25) is 0 Å². The highest BCUT2D eigenvalue weighted by atomic mass is 35.5. The molecule has 2 nitrogen and oxygen atoms in total. The first kappa shape index (κ1) is 11.8. The van der Waals surface area contributed by atoms with Gasteiger partial charge in [0.2, 0.25) is 0 Å². The van der Waals surface area contributed by atoms with E-state index in [4.69, 9.17) is 17.3 Å². The Morgan fingerprint density at radius 1 is 1.47 bits per heavy atom. The number of nitrogens with two attached hydrogens (primary N) is 1. The minimum atomic E-state index is -4.48. The van der Waals surface area contributed by atoms with Crippen molar-refractivity contribution in [1.29, 1.82) is 0 Å². The minimum absolute atomic E-state index is 0.228. The second kappa shape index (κ2) is 4.53. The predicted octanol–water partition coefficient (Wildman–Crippen LogP) is 2.93. The molecule has 6 heteroatoms. The van der Waals surface area contributed by atoms with Crippen LogP contribution in [-0.4, -0.2) is 10.9 Å². The van der Waals surface area contributed by atoms with Crippen molar-refractivity contribution in [1.82, 2.24) is 4.98 Å². The Bertz CT molecular complexity index is 374. The third-order valence-electron chi connectivity index (χ3n) is 1.64. The first-order chi connectivity index (χ1) is 6.95. The molecule has 0 aliphatic heterocycles. The summed E-state index contributed by atoms with van der Waals surface area (Å²) in [6.45, 7) is 0. The molecule has 1 aromatic heterocycles. The SMILES string of the molecule is Nc1ncc(C=CCCl)cc1C(F)(F)F. The van der Waals surface area contributed by atoms with Gasteiger partial charge in [-0.1, -0.05) is 12.2 Å². The maximum atomic E-state index is 12.4. The summed E-state index contributed by atoms with van der Waals surface area (Å²) < 4.78 is 37.1. The fraction of sp³-hybridized carbons (Fsp3) is 0.222. The largest absolute Gasteiger partial charge is 0.419 e. The van der Waals surface area contributed by atoms with Gasteiger partial charge in [-0.25, -0.2) is 4.98 Å². The molecule has 0 saturated carbocycles. The number of hydrogen-bond acceptors (Lipinski definition) is 2. The van der Waals surface area contributed by atoms with Gasteiger partial charge in [-0.3, -0.25) is 0 Å². The lowest BCUT2D eigenvalue weighted by Gasteiger charge is -2.09. The van der Waals surface area contributed by atoms with E-state index in [0.717, 1.165) is 6.07 Å². The van der Waals surface area contributed by atoms with Gasteiger partial charge in [0, 0.05) is 12.1 Å². The van der Waals surface area contributed by atoms with E-state index >= 15 is 0 Å².